The van der Waals surface area contributed by atoms with Crippen LogP contribution in [0.25, 0.3) is 0 Å². The third kappa shape index (κ3) is 3.16. The number of anilines is 1. The first-order valence-corrected chi connectivity index (χ1v) is 5.26. The number of ether oxygens (including phenoxy) is 1. The van der Waals surface area contributed by atoms with Crippen molar-refractivity contribution < 1.29 is 24.9 Å². The summed E-state index contributed by atoms with van der Waals surface area (Å²) in [6.45, 7) is -1.45. The molecule has 0 saturated heterocycles. The van der Waals surface area contributed by atoms with Crippen LogP contribution in [-0.2, 0) is 4.74 Å². The highest BCUT2D eigenvalue weighted by molar-refractivity contribution is 5.90. The number of aliphatic hydroxyl groups is 3. The molecule has 0 aliphatic carbocycles. The summed E-state index contributed by atoms with van der Waals surface area (Å²) in [5.41, 5.74) is -1.01. The molecule has 4 N–H and O–H groups in total. The average Bonchev–Trinajstić information content (AvgIpc) is 2.44. The first-order valence-electron chi connectivity index (χ1n) is 5.26. The molecule has 0 atom stereocenters. The average molecular weight is 256 g/mol. The van der Waals surface area contributed by atoms with Crippen LogP contribution in [-0.4, -0.2) is 58.7 Å². The lowest BCUT2D eigenvalue weighted by Gasteiger charge is -2.29. The maximum absolute atomic E-state index is 11.3. The summed E-state index contributed by atoms with van der Waals surface area (Å²) in [6.07, 6.45) is 1.38. The highest BCUT2D eigenvalue weighted by Gasteiger charge is 2.28. The first kappa shape index (κ1) is 14.4. The molecular formula is C11H16N2O5. The number of rotatable bonds is 6. The van der Waals surface area contributed by atoms with Crippen LogP contribution in [0.3, 0.4) is 0 Å². The zero-order valence-electron chi connectivity index (χ0n) is 9.96. The summed E-state index contributed by atoms with van der Waals surface area (Å²) in [5.74, 6) is -0.280. The highest BCUT2D eigenvalue weighted by Crippen LogP contribution is 2.14. The van der Waals surface area contributed by atoms with Gasteiger partial charge in [0.1, 0.15) is 11.4 Å². The van der Waals surface area contributed by atoms with Crippen molar-refractivity contribution in [2.75, 3.05) is 32.2 Å². The van der Waals surface area contributed by atoms with Crippen LogP contribution in [0.1, 0.15) is 10.4 Å². The van der Waals surface area contributed by atoms with E-state index >= 15 is 0 Å². The van der Waals surface area contributed by atoms with Crippen LogP contribution in [0.4, 0.5) is 5.82 Å². The number of nitrogens with zero attached hydrogens (tertiary/aromatic N) is 1. The van der Waals surface area contributed by atoms with Crippen molar-refractivity contribution in [2.24, 2.45) is 0 Å². The van der Waals surface area contributed by atoms with Gasteiger partial charge in [0.2, 0.25) is 0 Å². The largest absolute Gasteiger partial charge is 0.465 e. The number of esters is 1. The van der Waals surface area contributed by atoms with Crippen LogP contribution >= 0.6 is 0 Å². The Morgan fingerprint density at radius 1 is 1.39 bits per heavy atom. The second-order valence-corrected chi connectivity index (χ2v) is 3.80. The molecule has 0 unspecified atom stereocenters. The van der Waals surface area contributed by atoms with Gasteiger partial charge in [-0.25, -0.2) is 9.78 Å². The number of carbonyl (C=O) groups is 1. The second-order valence-electron chi connectivity index (χ2n) is 3.80. The fourth-order valence-corrected chi connectivity index (χ4v) is 1.28. The second kappa shape index (κ2) is 6.29. The quantitative estimate of drug-likeness (QED) is 0.483. The summed E-state index contributed by atoms with van der Waals surface area (Å²) in [7, 11) is 1.26. The standard InChI is InChI=1S/C11H16N2O5/c1-18-10(17)8-2-3-12-9(4-8)13-11(5-14,6-15)7-16/h2-4,14-16H,5-7H2,1H3,(H,12,13). The van der Waals surface area contributed by atoms with Crippen LogP contribution in [0.15, 0.2) is 18.3 Å². The molecule has 7 nitrogen and oxygen atoms in total. The summed E-state index contributed by atoms with van der Waals surface area (Å²) in [5, 5.41) is 30.2. The summed E-state index contributed by atoms with van der Waals surface area (Å²) in [4.78, 5) is 15.2. The fraction of sp³-hybridized carbons (Fsp3) is 0.455. The molecule has 0 spiro atoms. The zero-order chi connectivity index (χ0) is 13.6. The molecule has 0 fully saturated rings. The molecule has 0 aliphatic heterocycles. The van der Waals surface area contributed by atoms with Crippen molar-refractivity contribution in [3.8, 4) is 0 Å². The molecule has 1 aromatic rings. The molecule has 1 heterocycles. The lowest BCUT2D eigenvalue weighted by atomic mass is 10.0. The smallest absolute Gasteiger partial charge is 0.338 e. The lowest BCUT2D eigenvalue weighted by Crippen LogP contribution is -2.49. The van der Waals surface area contributed by atoms with Crippen molar-refractivity contribution in [1.29, 1.82) is 0 Å². The van der Waals surface area contributed by atoms with Crippen molar-refractivity contribution >= 4 is 11.8 Å². The molecule has 0 bridgehead atoms. The zero-order valence-corrected chi connectivity index (χ0v) is 9.96. The summed E-state index contributed by atoms with van der Waals surface area (Å²) in [6, 6.07) is 2.87. The van der Waals surface area contributed by atoms with E-state index in [1.165, 1.54) is 25.4 Å². The van der Waals surface area contributed by atoms with E-state index in [1.807, 2.05) is 0 Å². The maximum Gasteiger partial charge on any atom is 0.338 e. The van der Waals surface area contributed by atoms with E-state index in [1.54, 1.807) is 0 Å². The van der Waals surface area contributed by atoms with E-state index < -0.39 is 31.3 Å². The molecule has 0 saturated carbocycles. The van der Waals surface area contributed by atoms with Crippen molar-refractivity contribution in [3.05, 3.63) is 23.9 Å². The molecular weight excluding hydrogens is 240 g/mol. The number of aromatic nitrogens is 1. The van der Waals surface area contributed by atoms with E-state index in [9.17, 15) is 4.79 Å². The summed E-state index contributed by atoms with van der Waals surface area (Å²) < 4.78 is 4.56. The van der Waals surface area contributed by atoms with E-state index in [0.717, 1.165) is 0 Å². The van der Waals surface area contributed by atoms with E-state index in [-0.39, 0.29) is 11.4 Å². The molecule has 1 rings (SSSR count). The Morgan fingerprint density at radius 3 is 2.50 bits per heavy atom. The van der Waals surface area contributed by atoms with E-state index in [4.69, 9.17) is 15.3 Å². The minimum absolute atomic E-state index is 0.245. The molecule has 7 heteroatoms. The van der Waals surface area contributed by atoms with Gasteiger partial charge >= 0.3 is 5.97 Å². The van der Waals surface area contributed by atoms with E-state index in [0.29, 0.717) is 0 Å². The number of methoxy groups -OCH3 is 1. The minimum Gasteiger partial charge on any atom is -0.465 e. The number of carbonyl (C=O) groups excluding carboxylic acids is 1. The summed E-state index contributed by atoms with van der Waals surface area (Å²) >= 11 is 0. The van der Waals surface area contributed by atoms with Gasteiger partial charge in [-0.2, -0.15) is 0 Å². The van der Waals surface area contributed by atoms with Gasteiger partial charge in [0, 0.05) is 6.20 Å². The fourth-order valence-electron chi connectivity index (χ4n) is 1.28. The van der Waals surface area contributed by atoms with Gasteiger partial charge < -0.3 is 25.4 Å². The molecule has 0 amide bonds. The van der Waals surface area contributed by atoms with Crippen LogP contribution in [0.2, 0.25) is 0 Å². The lowest BCUT2D eigenvalue weighted by molar-refractivity contribution is 0.0600. The molecule has 0 aromatic carbocycles. The molecule has 18 heavy (non-hydrogen) atoms. The minimum atomic E-state index is -1.29. The first-order chi connectivity index (χ1) is 8.60. The number of nitrogens with one attached hydrogen (secondary N) is 1. The number of pyridine rings is 1. The Kier molecular flexibility index (Phi) is 5.02. The number of aliphatic hydroxyl groups excluding tert-OH is 3. The molecule has 1 aromatic heterocycles. The van der Waals surface area contributed by atoms with Crippen molar-refractivity contribution in [3.63, 3.8) is 0 Å². The molecule has 0 radical (unpaired) electrons. The van der Waals surface area contributed by atoms with E-state index in [2.05, 4.69) is 15.0 Å². The van der Waals surface area contributed by atoms with Crippen LogP contribution < -0.4 is 5.32 Å². The number of hydrogen-bond acceptors (Lipinski definition) is 7. The van der Waals surface area contributed by atoms with Gasteiger partial charge in [0.15, 0.2) is 0 Å². The Morgan fingerprint density at radius 2 is 2.00 bits per heavy atom. The van der Waals surface area contributed by atoms with Crippen LogP contribution in [0, 0.1) is 0 Å². The molecule has 0 aliphatic rings. The van der Waals surface area contributed by atoms with Gasteiger partial charge in [0.05, 0.1) is 32.5 Å². The third-order valence-corrected chi connectivity index (χ3v) is 2.48. The van der Waals surface area contributed by atoms with Crippen LogP contribution in [0.5, 0.6) is 0 Å². The predicted molar refractivity (Wildman–Crippen MR) is 63.2 cm³/mol. The Balaban J connectivity index is 2.93. The SMILES string of the molecule is COC(=O)c1ccnc(NC(CO)(CO)CO)c1. The Labute approximate surface area is 104 Å². The van der Waals surface area contributed by atoms with Gasteiger partial charge in [-0.05, 0) is 12.1 Å². The van der Waals surface area contributed by atoms with Crippen molar-refractivity contribution in [1.82, 2.24) is 4.98 Å². The topological polar surface area (TPSA) is 112 Å². The molecule has 100 valence electrons. The highest BCUT2D eigenvalue weighted by atomic mass is 16.5. The van der Waals surface area contributed by atoms with Gasteiger partial charge in [0.25, 0.3) is 0 Å². The number of hydrogen-bond donors (Lipinski definition) is 4. The van der Waals surface area contributed by atoms with Gasteiger partial charge in [-0.1, -0.05) is 0 Å². The van der Waals surface area contributed by atoms with Gasteiger partial charge in [-0.3, -0.25) is 0 Å². The maximum atomic E-state index is 11.3. The monoisotopic (exact) mass is 256 g/mol. The normalized spacial score (nSPS) is 11.1. The van der Waals surface area contributed by atoms with Gasteiger partial charge in [-0.15, -0.1) is 0 Å². The third-order valence-electron chi connectivity index (χ3n) is 2.48. The Bertz CT molecular complexity index is 398. The predicted octanol–water partition coefficient (Wildman–Crippen LogP) is -1.00. The Hall–Kier alpha value is -1.70. The van der Waals surface area contributed by atoms with Crippen molar-refractivity contribution in [2.45, 2.75) is 5.54 Å².